The van der Waals surface area contributed by atoms with Gasteiger partial charge in [-0.2, -0.15) is 0 Å². The Bertz CT molecular complexity index is 1430. The summed E-state index contributed by atoms with van der Waals surface area (Å²) in [6, 6.07) is 37.2. The summed E-state index contributed by atoms with van der Waals surface area (Å²) in [4.78, 5) is 0. The average Bonchev–Trinajstić information content (AvgIpc) is 3.36. The monoisotopic (exact) mass is 413 g/mol. The summed E-state index contributed by atoms with van der Waals surface area (Å²) in [5.41, 5.74) is 5.57. The number of hydrogen-bond donors (Lipinski definition) is 0. The van der Waals surface area contributed by atoms with Crippen molar-refractivity contribution in [3.8, 4) is 0 Å². The van der Waals surface area contributed by atoms with E-state index in [0.29, 0.717) is 0 Å². The van der Waals surface area contributed by atoms with Gasteiger partial charge in [-0.1, -0.05) is 110 Å². The van der Waals surface area contributed by atoms with Gasteiger partial charge >= 0.3 is 0 Å². The zero-order valence-electron chi connectivity index (χ0n) is 19.9. The first-order valence-corrected chi connectivity index (χ1v) is 11.5. The molecule has 1 fully saturated rings. The minimum absolute atomic E-state index is 0.287. The van der Waals surface area contributed by atoms with Crippen LogP contribution in [-0.2, 0) is 10.8 Å². The van der Waals surface area contributed by atoms with Gasteiger partial charge in [0.1, 0.15) is 0 Å². The minimum atomic E-state index is -0.436. The molecule has 0 aromatic heterocycles. The van der Waals surface area contributed by atoms with E-state index in [2.05, 4.69) is 124 Å². The van der Waals surface area contributed by atoms with Crippen molar-refractivity contribution in [3.63, 3.8) is 0 Å². The van der Waals surface area contributed by atoms with Crippen molar-refractivity contribution in [1.82, 2.24) is 0 Å². The molecule has 6 rings (SSSR count). The molecule has 0 amide bonds. The van der Waals surface area contributed by atoms with Gasteiger partial charge in [-0.25, -0.2) is 0 Å². The Morgan fingerprint density at radius 1 is 0.562 bits per heavy atom. The first kappa shape index (κ1) is 18.2. The molecular formula is C32H28. The highest BCUT2D eigenvalue weighted by Gasteiger charge is 2.67. The van der Waals surface area contributed by atoms with Crippen molar-refractivity contribution in [2.45, 2.75) is 38.0 Å². The summed E-state index contributed by atoms with van der Waals surface area (Å²) in [5, 5.41) is 5.08. The van der Waals surface area contributed by atoms with Crippen molar-refractivity contribution in [3.05, 3.63) is 131 Å². The van der Waals surface area contributed by atoms with Gasteiger partial charge in [0.25, 0.3) is 0 Å². The number of hydrogen-bond acceptors (Lipinski definition) is 0. The molecule has 0 radical (unpaired) electrons. The third-order valence-corrected chi connectivity index (χ3v) is 7.75. The molecule has 1 aliphatic carbocycles. The molecule has 32 heavy (non-hydrogen) atoms. The highest BCUT2D eigenvalue weighted by molar-refractivity contribution is 5.95. The van der Waals surface area contributed by atoms with Crippen molar-refractivity contribution < 1.29 is 1.37 Å². The molecule has 0 saturated heterocycles. The third kappa shape index (κ3) is 2.50. The summed E-state index contributed by atoms with van der Waals surface area (Å²) >= 11 is 0. The predicted molar refractivity (Wildman–Crippen MR) is 137 cm³/mol. The molecule has 0 N–H and O–H groups in total. The maximum atomic E-state index is 9.62. The number of fused-ring (bicyclic) bond motifs is 2. The van der Waals surface area contributed by atoms with E-state index in [1.807, 2.05) is 0 Å². The summed E-state index contributed by atoms with van der Waals surface area (Å²) < 4.78 is 9.62. The van der Waals surface area contributed by atoms with Gasteiger partial charge in [-0.05, 0) is 69.6 Å². The topological polar surface area (TPSA) is 0 Å². The molecular weight excluding hydrogens is 384 g/mol. The molecule has 1 saturated carbocycles. The van der Waals surface area contributed by atoms with Crippen LogP contribution >= 0.6 is 0 Å². The molecule has 0 aliphatic heterocycles. The molecule has 2 atom stereocenters. The van der Waals surface area contributed by atoms with Crippen LogP contribution in [0.2, 0.25) is 0 Å². The van der Waals surface area contributed by atoms with E-state index in [0.717, 1.165) is 0 Å². The van der Waals surface area contributed by atoms with E-state index in [9.17, 15) is 1.37 Å². The van der Waals surface area contributed by atoms with Crippen LogP contribution in [0.4, 0.5) is 0 Å². The molecule has 0 unspecified atom stereocenters. The van der Waals surface area contributed by atoms with Gasteiger partial charge in [0.2, 0.25) is 0 Å². The molecule has 5 aromatic carbocycles. The van der Waals surface area contributed by atoms with Crippen LogP contribution in [0.1, 0.15) is 42.5 Å². The molecule has 0 heteroatoms. The molecule has 0 heterocycles. The maximum Gasteiger partial charge on any atom is 0.0318 e. The second kappa shape index (κ2) is 6.81. The van der Waals surface area contributed by atoms with Crippen molar-refractivity contribution >= 4 is 21.5 Å². The van der Waals surface area contributed by atoms with E-state index >= 15 is 0 Å². The van der Waals surface area contributed by atoms with Crippen molar-refractivity contribution in [2.24, 2.45) is 0 Å². The smallest absolute Gasteiger partial charge is 0.0318 e. The summed E-state index contributed by atoms with van der Waals surface area (Å²) in [6.07, 6.45) is -0.287. The van der Waals surface area contributed by atoms with E-state index < -0.39 is 5.41 Å². The first-order valence-electron chi connectivity index (χ1n) is 12.0. The van der Waals surface area contributed by atoms with Crippen LogP contribution < -0.4 is 0 Å². The van der Waals surface area contributed by atoms with Crippen LogP contribution in [0.15, 0.2) is 103 Å². The van der Waals surface area contributed by atoms with Crippen molar-refractivity contribution in [1.29, 1.82) is 0 Å². The largest absolute Gasteiger partial charge is 0.0622 e. The van der Waals surface area contributed by atoms with Crippen LogP contribution in [-0.4, -0.2) is 0 Å². The predicted octanol–water partition coefficient (Wildman–Crippen LogP) is 8.26. The zero-order chi connectivity index (χ0) is 22.8. The van der Waals surface area contributed by atoms with E-state index in [4.69, 9.17) is 0 Å². The lowest BCUT2D eigenvalue weighted by Crippen LogP contribution is -2.22. The number of rotatable bonds is 3. The van der Waals surface area contributed by atoms with Gasteiger partial charge < -0.3 is 0 Å². The van der Waals surface area contributed by atoms with Crippen LogP contribution in [0, 0.1) is 13.8 Å². The molecule has 0 spiro atoms. The SMILES string of the molecule is [2H][C@H]1C(c2ccc(C)c3ccccc23)(c2ccc(C)c3ccccc23)[C@@]1(C)c1ccccc1. The Morgan fingerprint density at radius 3 is 1.50 bits per heavy atom. The highest BCUT2D eigenvalue weighted by atomic mass is 14.7. The van der Waals surface area contributed by atoms with Gasteiger partial charge in [0, 0.05) is 12.2 Å². The quantitative estimate of drug-likeness (QED) is 0.279. The Morgan fingerprint density at radius 2 is 1.00 bits per heavy atom. The van der Waals surface area contributed by atoms with Crippen LogP contribution in [0.25, 0.3) is 21.5 Å². The fourth-order valence-corrected chi connectivity index (χ4v) is 5.94. The van der Waals surface area contributed by atoms with Gasteiger partial charge in [-0.15, -0.1) is 0 Å². The standard InChI is InChI=1S/C32H28/c1-22-17-19-29(27-15-9-7-13-25(22)27)32(21-31(32,3)24-11-5-4-6-12-24)30-20-18-23(2)26-14-8-10-16-28(26)30/h4-20H,21H2,1-3H3/t31-/m1/s1/i21D/t21-,31-. The molecule has 0 nitrogen and oxygen atoms in total. The summed E-state index contributed by atoms with van der Waals surface area (Å²) in [5.74, 6) is 0. The zero-order valence-corrected chi connectivity index (χ0v) is 18.9. The first-order chi connectivity index (χ1) is 16.0. The molecule has 156 valence electrons. The fourth-order valence-electron chi connectivity index (χ4n) is 5.94. The maximum absolute atomic E-state index is 9.62. The van der Waals surface area contributed by atoms with E-state index in [1.54, 1.807) is 0 Å². The summed E-state index contributed by atoms with van der Waals surface area (Å²) in [6.45, 7) is 6.66. The van der Waals surface area contributed by atoms with E-state index in [-0.39, 0.29) is 11.8 Å². The van der Waals surface area contributed by atoms with Crippen LogP contribution in [0.3, 0.4) is 0 Å². The lowest BCUT2D eigenvalue weighted by atomic mass is 9.74. The minimum Gasteiger partial charge on any atom is -0.0622 e. The molecule has 1 aliphatic rings. The number of aryl methyl sites for hydroxylation is 2. The Kier molecular flexibility index (Phi) is 3.88. The number of benzene rings is 5. The molecule has 0 bridgehead atoms. The van der Waals surface area contributed by atoms with Gasteiger partial charge in [0.15, 0.2) is 0 Å². The fraction of sp³-hybridized carbons (Fsp3) is 0.188. The Labute approximate surface area is 191 Å². The van der Waals surface area contributed by atoms with Gasteiger partial charge in [0.05, 0.1) is 0 Å². The lowest BCUT2D eigenvalue weighted by molar-refractivity contribution is 0.660. The van der Waals surface area contributed by atoms with Gasteiger partial charge in [-0.3, -0.25) is 0 Å². The Hall–Kier alpha value is -3.38. The second-order valence-corrected chi connectivity index (χ2v) is 9.47. The highest BCUT2D eigenvalue weighted by Crippen LogP contribution is 2.70. The second-order valence-electron chi connectivity index (χ2n) is 9.47. The molecule has 5 aromatic rings. The summed E-state index contributed by atoms with van der Waals surface area (Å²) in [7, 11) is 0. The Balaban J connectivity index is 1.77. The normalized spacial score (nSPS) is 22.1. The van der Waals surface area contributed by atoms with E-state index in [1.165, 1.54) is 49.4 Å². The average molecular weight is 414 g/mol. The lowest BCUT2D eigenvalue weighted by Gasteiger charge is -2.28. The van der Waals surface area contributed by atoms with Crippen LogP contribution in [0.5, 0.6) is 0 Å². The van der Waals surface area contributed by atoms with Crippen molar-refractivity contribution in [2.75, 3.05) is 0 Å². The third-order valence-electron chi connectivity index (χ3n) is 7.75.